The number of hydrogen-bond acceptors (Lipinski definition) is 6. The number of benzene rings is 2. The first-order chi connectivity index (χ1) is 12.3. The van der Waals surface area contributed by atoms with Gasteiger partial charge in [0.25, 0.3) is 5.69 Å². The number of carboxylic acid groups (broad SMARTS) is 1. The first kappa shape index (κ1) is 18.9. The molecule has 0 amide bonds. The third kappa shape index (κ3) is 3.64. The molecule has 2 aromatic carbocycles. The highest BCUT2D eigenvalue weighted by Gasteiger charge is 2.23. The second kappa shape index (κ2) is 7.64. The average Bonchev–Trinajstić information content (AvgIpc) is 2.61. The number of nitro groups is 1. The molecule has 0 saturated carbocycles. The van der Waals surface area contributed by atoms with Crippen molar-refractivity contribution in [1.29, 1.82) is 0 Å². The molecule has 0 unspecified atom stereocenters. The molecule has 136 valence electrons. The minimum Gasteiger partial charge on any atom is -0.507 e. The fraction of sp³-hybridized carbons (Fsp3) is 0.222. The van der Waals surface area contributed by atoms with Crippen LogP contribution in [0.5, 0.6) is 5.75 Å². The highest BCUT2D eigenvalue weighted by atomic mass is 16.6. The van der Waals surface area contributed by atoms with Crippen molar-refractivity contribution in [3.8, 4) is 5.75 Å². The molecule has 0 aliphatic rings. The lowest BCUT2D eigenvalue weighted by molar-refractivity contribution is -0.384. The molecule has 2 aromatic rings. The molecule has 0 aliphatic carbocycles. The minimum absolute atomic E-state index is 0.121. The molecule has 8 heteroatoms. The largest absolute Gasteiger partial charge is 0.507 e. The van der Waals surface area contributed by atoms with E-state index in [1.807, 2.05) is 18.7 Å². The number of anilines is 1. The summed E-state index contributed by atoms with van der Waals surface area (Å²) in [5, 5.41) is 30.4. The van der Waals surface area contributed by atoms with E-state index in [4.69, 9.17) is 0 Å². The number of aromatic carboxylic acids is 1. The van der Waals surface area contributed by atoms with Crippen LogP contribution >= 0.6 is 0 Å². The maximum absolute atomic E-state index is 12.7. The Hall–Kier alpha value is -3.42. The van der Waals surface area contributed by atoms with E-state index in [1.54, 1.807) is 6.07 Å². The van der Waals surface area contributed by atoms with E-state index in [0.29, 0.717) is 18.8 Å². The predicted octanol–water partition coefficient (Wildman–Crippen LogP) is 3.08. The first-order valence-electron chi connectivity index (χ1n) is 7.94. The van der Waals surface area contributed by atoms with Crippen LogP contribution in [0.2, 0.25) is 0 Å². The molecular formula is C18H18N2O6. The van der Waals surface area contributed by atoms with Crippen molar-refractivity contribution in [2.24, 2.45) is 0 Å². The quantitative estimate of drug-likeness (QED) is 0.443. The van der Waals surface area contributed by atoms with Crippen molar-refractivity contribution in [2.45, 2.75) is 13.8 Å². The van der Waals surface area contributed by atoms with Gasteiger partial charge in [0, 0.05) is 42.5 Å². The Morgan fingerprint density at radius 3 is 2.15 bits per heavy atom. The smallest absolute Gasteiger partial charge is 0.336 e. The third-order valence-corrected chi connectivity index (χ3v) is 4.04. The SMILES string of the molecule is CCN(CC)c1ccc(C(=O)c2cc([N+](=O)[O-])ccc2C(=O)O)c(O)c1. The summed E-state index contributed by atoms with van der Waals surface area (Å²) in [5.41, 5.74) is -0.534. The molecular weight excluding hydrogens is 340 g/mol. The van der Waals surface area contributed by atoms with E-state index in [9.17, 15) is 29.9 Å². The monoisotopic (exact) mass is 358 g/mol. The molecule has 2 N–H and O–H groups in total. The number of hydrogen-bond donors (Lipinski definition) is 2. The maximum atomic E-state index is 12.7. The Bertz CT molecular complexity index is 874. The van der Waals surface area contributed by atoms with Crippen molar-refractivity contribution in [3.63, 3.8) is 0 Å². The fourth-order valence-corrected chi connectivity index (χ4v) is 2.66. The minimum atomic E-state index is -1.39. The fourth-order valence-electron chi connectivity index (χ4n) is 2.66. The molecule has 0 heterocycles. The van der Waals surface area contributed by atoms with Crippen LogP contribution in [0.25, 0.3) is 0 Å². The van der Waals surface area contributed by atoms with Gasteiger partial charge in [0.05, 0.1) is 16.1 Å². The summed E-state index contributed by atoms with van der Waals surface area (Å²) in [6.45, 7) is 5.30. The van der Waals surface area contributed by atoms with Gasteiger partial charge < -0.3 is 15.1 Å². The normalized spacial score (nSPS) is 10.4. The summed E-state index contributed by atoms with van der Waals surface area (Å²) in [6, 6.07) is 7.37. The highest BCUT2D eigenvalue weighted by molar-refractivity contribution is 6.15. The standard InChI is InChI=1S/C18H18N2O6/c1-3-19(4-2)11-5-8-14(16(21)10-11)17(22)15-9-12(20(25)26)6-7-13(15)18(23)24/h5-10,21H,3-4H2,1-2H3,(H,23,24). The van der Waals surface area contributed by atoms with E-state index in [1.165, 1.54) is 12.1 Å². The summed E-state index contributed by atoms with van der Waals surface area (Å²) >= 11 is 0. The topological polar surface area (TPSA) is 121 Å². The molecule has 0 aromatic heterocycles. The third-order valence-electron chi connectivity index (χ3n) is 4.04. The number of aromatic hydroxyl groups is 1. The lowest BCUT2D eigenvalue weighted by Gasteiger charge is -2.21. The van der Waals surface area contributed by atoms with Gasteiger partial charge in [-0.15, -0.1) is 0 Å². The Morgan fingerprint density at radius 1 is 1.04 bits per heavy atom. The van der Waals surface area contributed by atoms with Crippen LogP contribution in [-0.4, -0.2) is 40.0 Å². The van der Waals surface area contributed by atoms with E-state index in [-0.39, 0.29) is 22.4 Å². The van der Waals surface area contributed by atoms with Crippen LogP contribution < -0.4 is 4.90 Å². The number of non-ortho nitro benzene ring substituents is 1. The molecule has 0 spiro atoms. The summed E-state index contributed by atoms with van der Waals surface area (Å²) in [6.07, 6.45) is 0. The van der Waals surface area contributed by atoms with E-state index in [0.717, 1.165) is 18.2 Å². The van der Waals surface area contributed by atoms with Crippen LogP contribution in [0.3, 0.4) is 0 Å². The zero-order valence-corrected chi connectivity index (χ0v) is 14.3. The van der Waals surface area contributed by atoms with Gasteiger partial charge in [-0.2, -0.15) is 0 Å². The number of ketones is 1. The first-order valence-corrected chi connectivity index (χ1v) is 7.94. The second-order valence-corrected chi connectivity index (χ2v) is 5.50. The van der Waals surface area contributed by atoms with Gasteiger partial charge in [-0.25, -0.2) is 4.79 Å². The van der Waals surface area contributed by atoms with Crippen LogP contribution in [0, 0.1) is 10.1 Å². The zero-order valence-electron chi connectivity index (χ0n) is 14.3. The molecule has 26 heavy (non-hydrogen) atoms. The molecule has 0 bridgehead atoms. The van der Waals surface area contributed by atoms with Crippen LogP contribution in [-0.2, 0) is 0 Å². The van der Waals surface area contributed by atoms with Crippen molar-refractivity contribution < 1.29 is 24.7 Å². The van der Waals surface area contributed by atoms with Gasteiger partial charge in [0.15, 0.2) is 5.78 Å². The molecule has 0 saturated heterocycles. The highest BCUT2D eigenvalue weighted by Crippen LogP contribution is 2.29. The Morgan fingerprint density at radius 2 is 1.65 bits per heavy atom. The van der Waals surface area contributed by atoms with Gasteiger partial charge in [-0.1, -0.05) is 0 Å². The average molecular weight is 358 g/mol. The molecule has 8 nitrogen and oxygen atoms in total. The van der Waals surface area contributed by atoms with Crippen molar-refractivity contribution in [2.75, 3.05) is 18.0 Å². The number of carbonyl (C=O) groups is 2. The Kier molecular flexibility index (Phi) is 5.56. The number of carbonyl (C=O) groups excluding carboxylic acids is 1. The maximum Gasteiger partial charge on any atom is 0.336 e. The molecule has 0 atom stereocenters. The van der Waals surface area contributed by atoms with Crippen molar-refractivity contribution >= 4 is 23.1 Å². The van der Waals surface area contributed by atoms with Crippen LogP contribution in [0.4, 0.5) is 11.4 Å². The van der Waals surface area contributed by atoms with E-state index in [2.05, 4.69) is 0 Å². The Labute approximate surface area is 149 Å². The van der Waals surface area contributed by atoms with E-state index >= 15 is 0 Å². The molecule has 0 fully saturated rings. The second-order valence-electron chi connectivity index (χ2n) is 5.50. The summed E-state index contributed by atoms with van der Waals surface area (Å²) < 4.78 is 0. The zero-order chi connectivity index (χ0) is 19.4. The number of nitro benzene ring substituents is 1. The molecule has 0 radical (unpaired) electrons. The Balaban J connectivity index is 2.53. The number of rotatable bonds is 7. The predicted molar refractivity (Wildman–Crippen MR) is 95.2 cm³/mol. The lowest BCUT2D eigenvalue weighted by atomic mass is 9.96. The van der Waals surface area contributed by atoms with Crippen molar-refractivity contribution in [1.82, 2.24) is 0 Å². The van der Waals surface area contributed by atoms with Gasteiger partial charge in [0.2, 0.25) is 0 Å². The summed E-state index contributed by atoms with van der Waals surface area (Å²) in [7, 11) is 0. The van der Waals surface area contributed by atoms with Gasteiger partial charge >= 0.3 is 5.97 Å². The van der Waals surface area contributed by atoms with Crippen molar-refractivity contribution in [3.05, 3.63) is 63.2 Å². The lowest BCUT2D eigenvalue weighted by Crippen LogP contribution is -2.21. The number of phenolic OH excluding ortho intramolecular Hbond substituents is 1. The van der Waals surface area contributed by atoms with Gasteiger partial charge in [-0.3, -0.25) is 14.9 Å². The number of carboxylic acids is 1. The number of phenols is 1. The summed E-state index contributed by atoms with van der Waals surface area (Å²) in [5.74, 6) is -2.50. The molecule has 2 rings (SSSR count). The van der Waals surface area contributed by atoms with E-state index < -0.39 is 22.4 Å². The van der Waals surface area contributed by atoms with Gasteiger partial charge in [0.1, 0.15) is 5.75 Å². The molecule has 0 aliphatic heterocycles. The number of nitrogens with zero attached hydrogens (tertiary/aromatic N) is 2. The summed E-state index contributed by atoms with van der Waals surface area (Å²) in [4.78, 5) is 36.3. The van der Waals surface area contributed by atoms with Gasteiger partial charge in [-0.05, 0) is 32.0 Å². The van der Waals surface area contributed by atoms with Crippen LogP contribution in [0.1, 0.15) is 40.1 Å². The van der Waals surface area contributed by atoms with Crippen LogP contribution in [0.15, 0.2) is 36.4 Å².